The number of nitrogens with one attached hydrogen (secondary N) is 2. The summed E-state index contributed by atoms with van der Waals surface area (Å²) >= 11 is 11.7. The largest absolute Gasteiger partial charge is 0.494 e. The number of ether oxygens (including phenoxy) is 1. The van der Waals surface area contributed by atoms with Gasteiger partial charge in [-0.15, -0.1) is 4.99 Å². The zero-order valence-electron chi connectivity index (χ0n) is 14.8. The van der Waals surface area contributed by atoms with Crippen molar-refractivity contribution in [1.29, 1.82) is 5.26 Å². The van der Waals surface area contributed by atoms with Gasteiger partial charge in [-0.3, -0.25) is 0 Å². The number of unbranched alkanes of at least 4 members (excludes halogenated alkanes) is 3. The van der Waals surface area contributed by atoms with Gasteiger partial charge in [-0.2, -0.15) is 5.26 Å². The number of aromatic nitrogens is 1. The Labute approximate surface area is 169 Å². The van der Waals surface area contributed by atoms with Gasteiger partial charge in [0.15, 0.2) is 0 Å². The van der Waals surface area contributed by atoms with Crippen LogP contribution < -0.4 is 15.4 Å². The van der Waals surface area contributed by atoms with E-state index in [-0.39, 0.29) is 0 Å². The van der Waals surface area contributed by atoms with Gasteiger partial charge in [0, 0.05) is 23.5 Å². The third-order valence-corrected chi connectivity index (χ3v) is 4.06. The monoisotopic (exact) mass is 405 g/mol. The SMILES string of the molecule is N#C/N=C(\NCCCCCCOc1ccc(Cl)cc1)Nc1ccnc(Cl)c1. The Hall–Kier alpha value is -2.49. The van der Waals surface area contributed by atoms with Crippen LogP contribution in [0.15, 0.2) is 47.6 Å². The van der Waals surface area contributed by atoms with E-state index in [1.165, 1.54) is 0 Å². The van der Waals surface area contributed by atoms with Crippen molar-refractivity contribution in [2.24, 2.45) is 4.99 Å². The van der Waals surface area contributed by atoms with Crippen molar-refractivity contribution < 1.29 is 4.74 Å². The Balaban J connectivity index is 1.58. The van der Waals surface area contributed by atoms with Crippen LogP contribution in [0.25, 0.3) is 0 Å². The van der Waals surface area contributed by atoms with Crippen LogP contribution in [0.4, 0.5) is 5.69 Å². The van der Waals surface area contributed by atoms with Gasteiger partial charge in [0.05, 0.1) is 6.61 Å². The summed E-state index contributed by atoms with van der Waals surface area (Å²) in [5.41, 5.74) is 0.718. The van der Waals surface area contributed by atoms with Crippen LogP contribution in [0.3, 0.4) is 0 Å². The van der Waals surface area contributed by atoms with Gasteiger partial charge in [-0.1, -0.05) is 36.0 Å². The van der Waals surface area contributed by atoms with Gasteiger partial charge in [0.25, 0.3) is 0 Å². The van der Waals surface area contributed by atoms with Crippen LogP contribution in [-0.2, 0) is 0 Å². The van der Waals surface area contributed by atoms with E-state index in [1.54, 1.807) is 24.5 Å². The Morgan fingerprint density at radius 2 is 1.89 bits per heavy atom. The number of anilines is 1. The predicted octanol–water partition coefficient (Wildman–Crippen LogP) is 4.87. The maximum Gasteiger partial charge on any atom is 0.211 e. The smallest absolute Gasteiger partial charge is 0.211 e. The number of pyridine rings is 1. The lowest BCUT2D eigenvalue weighted by Crippen LogP contribution is -2.31. The first-order valence-corrected chi connectivity index (χ1v) is 9.40. The first-order valence-electron chi connectivity index (χ1n) is 8.65. The van der Waals surface area contributed by atoms with E-state index in [0.29, 0.717) is 29.3 Å². The second-order valence-corrected chi connectivity index (χ2v) is 6.52. The molecule has 0 spiro atoms. The number of hydrogen-bond donors (Lipinski definition) is 2. The lowest BCUT2D eigenvalue weighted by atomic mass is 10.2. The van der Waals surface area contributed by atoms with Crippen molar-refractivity contribution in [1.82, 2.24) is 10.3 Å². The molecule has 2 rings (SSSR count). The summed E-state index contributed by atoms with van der Waals surface area (Å²) < 4.78 is 5.66. The highest BCUT2D eigenvalue weighted by molar-refractivity contribution is 6.30. The highest BCUT2D eigenvalue weighted by Gasteiger charge is 2.01. The van der Waals surface area contributed by atoms with Crippen molar-refractivity contribution >= 4 is 34.8 Å². The van der Waals surface area contributed by atoms with E-state index in [2.05, 4.69) is 20.6 Å². The van der Waals surface area contributed by atoms with E-state index in [1.807, 2.05) is 24.3 Å². The van der Waals surface area contributed by atoms with E-state index >= 15 is 0 Å². The second-order valence-electron chi connectivity index (χ2n) is 5.70. The molecular formula is C19H21Cl2N5O. The molecule has 142 valence electrons. The zero-order chi connectivity index (χ0) is 19.3. The molecule has 1 heterocycles. The standard InChI is InChI=1S/C19H21Cl2N5O/c20-15-5-7-17(8-6-15)27-12-4-2-1-3-10-24-19(25-14-22)26-16-9-11-23-18(21)13-16/h5-9,11,13H,1-4,10,12H2,(H2,23,24,25,26). The minimum absolute atomic E-state index is 0.372. The highest BCUT2D eigenvalue weighted by Crippen LogP contribution is 2.16. The number of aliphatic imine (C=N–C) groups is 1. The van der Waals surface area contributed by atoms with Gasteiger partial charge < -0.3 is 15.4 Å². The summed E-state index contributed by atoms with van der Waals surface area (Å²) in [6, 6.07) is 10.8. The first-order chi connectivity index (χ1) is 13.2. The quantitative estimate of drug-likeness (QED) is 0.204. The molecule has 1 aromatic carbocycles. The fourth-order valence-corrected chi connectivity index (χ4v) is 2.59. The third kappa shape index (κ3) is 8.63. The highest BCUT2D eigenvalue weighted by atomic mass is 35.5. The van der Waals surface area contributed by atoms with E-state index in [4.69, 9.17) is 33.2 Å². The topological polar surface area (TPSA) is 82.3 Å². The molecule has 0 amide bonds. The molecule has 0 aliphatic rings. The Kier molecular flexibility index (Phi) is 9.25. The molecule has 0 atom stereocenters. The van der Waals surface area contributed by atoms with Crippen molar-refractivity contribution in [2.75, 3.05) is 18.5 Å². The maximum absolute atomic E-state index is 8.80. The summed E-state index contributed by atoms with van der Waals surface area (Å²) in [6.07, 6.45) is 7.42. The Morgan fingerprint density at radius 1 is 1.11 bits per heavy atom. The van der Waals surface area contributed by atoms with Crippen LogP contribution in [0, 0.1) is 11.5 Å². The fraction of sp³-hybridized carbons (Fsp3) is 0.316. The first kappa shape index (κ1) is 20.8. The van der Waals surface area contributed by atoms with Gasteiger partial charge >= 0.3 is 0 Å². The van der Waals surface area contributed by atoms with Crippen molar-refractivity contribution in [2.45, 2.75) is 25.7 Å². The summed E-state index contributed by atoms with van der Waals surface area (Å²) in [4.78, 5) is 7.65. The molecule has 27 heavy (non-hydrogen) atoms. The normalized spacial score (nSPS) is 10.9. The average molecular weight is 406 g/mol. The van der Waals surface area contributed by atoms with Crippen LogP contribution >= 0.6 is 23.2 Å². The lowest BCUT2D eigenvalue weighted by Gasteiger charge is -2.11. The number of nitriles is 1. The minimum atomic E-state index is 0.372. The number of hydrogen-bond acceptors (Lipinski definition) is 4. The number of nitrogens with zero attached hydrogens (tertiary/aromatic N) is 3. The molecular weight excluding hydrogens is 385 g/mol. The molecule has 2 aromatic rings. The maximum atomic E-state index is 8.80. The second kappa shape index (κ2) is 12.0. The molecule has 8 heteroatoms. The average Bonchev–Trinajstić information content (AvgIpc) is 2.65. The number of guanidine groups is 1. The Morgan fingerprint density at radius 3 is 2.63 bits per heavy atom. The lowest BCUT2D eigenvalue weighted by molar-refractivity contribution is 0.304. The number of benzene rings is 1. The Bertz CT molecular complexity index is 774. The molecule has 0 unspecified atom stereocenters. The molecule has 0 fully saturated rings. The van der Waals surface area contributed by atoms with Crippen molar-refractivity contribution in [3.05, 3.63) is 52.8 Å². The minimum Gasteiger partial charge on any atom is -0.494 e. The predicted molar refractivity (Wildman–Crippen MR) is 109 cm³/mol. The molecule has 6 nitrogen and oxygen atoms in total. The molecule has 0 saturated carbocycles. The van der Waals surface area contributed by atoms with Gasteiger partial charge in [-0.25, -0.2) is 4.98 Å². The molecule has 0 saturated heterocycles. The van der Waals surface area contributed by atoms with Gasteiger partial charge in [-0.05, 0) is 49.2 Å². The summed E-state index contributed by atoms with van der Waals surface area (Å²) in [7, 11) is 0. The number of rotatable bonds is 9. The van der Waals surface area contributed by atoms with Gasteiger partial charge in [0.2, 0.25) is 12.2 Å². The van der Waals surface area contributed by atoms with Crippen LogP contribution in [0.2, 0.25) is 10.2 Å². The van der Waals surface area contributed by atoms with E-state index in [0.717, 1.165) is 37.1 Å². The molecule has 0 bridgehead atoms. The third-order valence-electron chi connectivity index (χ3n) is 3.60. The molecule has 0 radical (unpaired) electrons. The van der Waals surface area contributed by atoms with Crippen molar-refractivity contribution in [3.63, 3.8) is 0 Å². The van der Waals surface area contributed by atoms with Crippen LogP contribution in [-0.4, -0.2) is 24.1 Å². The van der Waals surface area contributed by atoms with E-state index in [9.17, 15) is 0 Å². The number of halogens is 2. The summed E-state index contributed by atoms with van der Waals surface area (Å²) in [5, 5.41) is 16.0. The van der Waals surface area contributed by atoms with Gasteiger partial charge in [0.1, 0.15) is 10.9 Å². The summed E-state index contributed by atoms with van der Waals surface area (Å²) in [6.45, 7) is 1.39. The molecule has 0 aliphatic carbocycles. The summed E-state index contributed by atoms with van der Waals surface area (Å²) in [5.74, 6) is 1.23. The molecule has 1 aromatic heterocycles. The fourth-order valence-electron chi connectivity index (χ4n) is 2.29. The van der Waals surface area contributed by atoms with Crippen molar-refractivity contribution in [3.8, 4) is 11.9 Å². The van der Waals surface area contributed by atoms with E-state index < -0.39 is 0 Å². The zero-order valence-corrected chi connectivity index (χ0v) is 16.3. The molecule has 2 N–H and O–H groups in total. The molecule has 0 aliphatic heterocycles. The van der Waals surface area contributed by atoms with Crippen LogP contribution in [0.1, 0.15) is 25.7 Å². The van der Waals surface area contributed by atoms with Crippen LogP contribution in [0.5, 0.6) is 5.75 Å².